The molecular formula is C32H33N5O3. The SMILES string of the molecule is N#Cc1ccc2c(c1)CCCC2Oc1ccc2c(c1)c(-c1ccnc(N3CCOCC3)c1)nn2C1CCCCO1. The summed E-state index contributed by atoms with van der Waals surface area (Å²) in [7, 11) is 0. The number of aryl methyl sites for hydroxylation is 1. The van der Waals surface area contributed by atoms with Gasteiger partial charge in [-0.1, -0.05) is 6.07 Å². The zero-order valence-corrected chi connectivity index (χ0v) is 22.6. The van der Waals surface area contributed by atoms with Gasteiger partial charge < -0.3 is 19.1 Å². The topological polar surface area (TPSA) is 85.4 Å². The van der Waals surface area contributed by atoms with Gasteiger partial charge in [-0.15, -0.1) is 0 Å². The molecule has 0 amide bonds. The minimum atomic E-state index is -0.0723. The number of nitriles is 1. The summed E-state index contributed by atoms with van der Waals surface area (Å²) in [5, 5.41) is 15.5. The molecule has 7 rings (SSSR count). The van der Waals surface area contributed by atoms with E-state index in [1.54, 1.807) is 0 Å². The number of hydrogen-bond donors (Lipinski definition) is 0. The van der Waals surface area contributed by atoms with E-state index in [0.29, 0.717) is 18.8 Å². The third-order valence-electron chi connectivity index (χ3n) is 8.27. The van der Waals surface area contributed by atoms with Gasteiger partial charge in [0.1, 0.15) is 23.4 Å². The lowest BCUT2D eigenvalue weighted by atomic mass is 9.88. The lowest BCUT2D eigenvalue weighted by molar-refractivity contribution is -0.0365. The van der Waals surface area contributed by atoms with Crippen molar-refractivity contribution in [2.75, 3.05) is 37.8 Å². The zero-order valence-electron chi connectivity index (χ0n) is 22.6. The normalized spacial score (nSPS) is 21.1. The third-order valence-corrected chi connectivity index (χ3v) is 8.27. The van der Waals surface area contributed by atoms with Crippen molar-refractivity contribution >= 4 is 16.7 Å². The molecule has 0 radical (unpaired) electrons. The van der Waals surface area contributed by atoms with Gasteiger partial charge in [-0.25, -0.2) is 9.67 Å². The number of nitrogens with zero attached hydrogens (tertiary/aromatic N) is 5. The maximum absolute atomic E-state index is 9.34. The van der Waals surface area contributed by atoms with E-state index in [0.717, 1.165) is 91.9 Å². The van der Waals surface area contributed by atoms with Gasteiger partial charge in [0.05, 0.1) is 30.4 Å². The van der Waals surface area contributed by atoms with Crippen LogP contribution in [0.25, 0.3) is 22.2 Å². The van der Waals surface area contributed by atoms with Crippen LogP contribution in [-0.2, 0) is 15.9 Å². The van der Waals surface area contributed by atoms with Crippen molar-refractivity contribution in [3.05, 3.63) is 71.4 Å². The Kier molecular flexibility index (Phi) is 6.84. The van der Waals surface area contributed by atoms with Crippen molar-refractivity contribution in [2.24, 2.45) is 0 Å². The van der Waals surface area contributed by atoms with Gasteiger partial charge in [0.15, 0.2) is 6.23 Å². The molecule has 2 fully saturated rings. The number of hydrogen-bond acceptors (Lipinski definition) is 7. The molecular weight excluding hydrogens is 502 g/mol. The minimum Gasteiger partial charge on any atom is -0.486 e. The molecule has 8 nitrogen and oxygen atoms in total. The van der Waals surface area contributed by atoms with Crippen LogP contribution in [0.4, 0.5) is 5.82 Å². The maximum atomic E-state index is 9.34. The van der Waals surface area contributed by atoms with Gasteiger partial charge in [-0.05, 0) is 92.1 Å². The fourth-order valence-corrected chi connectivity index (χ4v) is 6.20. The van der Waals surface area contributed by atoms with E-state index >= 15 is 0 Å². The molecule has 2 aromatic heterocycles. The van der Waals surface area contributed by atoms with Crippen LogP contribution in [0.2, 0.25) is 0 Å². The van der Waals surface area contributed by atoms with Crippen LogP contribution >= 0.6 is 0 Å². The van der Waals surface area contributed by atoms with Crippen molar-refractivity contribution in [3.63, 3.8) is 0 Å². The van der Waals surface area contributed by atoms with Gasteiger partial charge in [0.25, 0.3) is 0 Å². The summed E-state index contributed by atoms with van der Waals surface area (Å²) in [6.07, 6.45) is 7.91. The van der Waals surface area contributed by atoms with Crippen LogP contribution in [0.3, 0.4) is 0 Å². The van der Waals surface area contributed by atoms with Gasteiger partial charge in [0, 0.05) is 36.8 Å². The Morgan fingerprint density at radius 3 is 2.73 bits per heavy atom. The summed E-state index contributed by atoms with van der Waals surface area (Å²) in [6, 6.07) is 18.7. The second-order valence-electron chi connectivity index (χ2n) is 10.8. The van der Waals surface area contributed by atoms with Crippen LogP contribution in [-0.4, -0.2) is 47.7 Å². The van der Waals surface area contributed by atoms with Crippen molar-refractivity contribution < 1.29 is 14.2 Å². The highest BCUT2D eigenvalue weighted by Crippen LogP contribution is 2.38. The van der Waals surface area contributed by atoms with Crippen molar-refractivity contribution in [3.8, 4) is 23.1 Å². The molecule has 3 aliphatic rings. The maximum Gasteiger partial charge on any atom is 0.150 e. The van der Waals surface area contributed by atoms with E-state index in [4.69, 9.17) is 19.3 Å². The van der Waals surface area contributed by atoms with Crippen LogP contribution in [0.1, 0.15) is 61.1 Å². The number of morpholine rings is 1. The van der Waals surface area contributed by atoms with E-state index in [2.05, 4.69) is 51.0 Å². The first kappa shape index (κ1) is 25.1. The molecule has 2 saturated heterocycles. The molecule has 204 valence electrons. The quantitative estimate of drug-likeness (QED) is 0.312. The summed E-state index contributed by atoms with van der Waals surface area (Å²) in [5.74, 6) is 1.77. The largest absolute Gasteiger partial charge is 0.486 e. The number of fused-ring (bicyclic) bond motifs is 2. The fraction of sp³-hybridized carbons (Fsp3) is 0.406. The Morgan fingerprint density at radius 1 is 0.950 bits per heavy atom. The predicted octanol–water partition coefficient (Wildman–Crippen LogP) is 5.96. The van der Waals surface area contributed by atoms with E-state index in [9.17, 15) is 5.26 Å². The third kappa shape index (κ3) is 4.80. The molecule has 2 aliphatic heterocycles. The van der Waals surface area contributed by atoms with E-state index in [1.165, 1.54) is 11.1 Å². The van der Waals surface area contributed by atoms with Crippen molar-refractivity contribution in [2.45, 2.75) is 50.9 Å². The zero-order chi connectivity index (χ0) is 26.9. The second kappa shape index (κ2) is 10.9. The monoisotopic (exact) mass is 535 g/mol. The average Bonchev–Trinajstić information content (AvgIpc) is 3.41. The molecule has 40 heavy (non-hydrogen) atoms. The highest BCUT2D eigenvalue weighted by molar-refractivity contribution is 5.94. The number of aromatic nitrogens is 3. The Bertz CT molecular complexity index is 1560. The van der Waals surface area contributed by atoms with Gasteiger partial charge in [-0.3, -0.25) is 0 Å². The lowest BCUT2D eigenvalue weighted by Gasteiger charge is -2.28. The predicted molar refractivity (Wildman–Crippen MR) is 152 cm³/mol. The highest BCUT2D eigenvalue weighted by atomic mass is 16.5. The fourth-order valence-electron chi connectivity index (χ4n) is 6.20. The molecule has 0 N–H and O–H groups in total. The summed E-state index contributed by atoms with van der Waals surface area (Å²) in [4.78, 5) is 6.93. The van der Waals surface area contributed by atoms with Crippen LogP contribution in [0.5, 0.6) is 5.75 Å². The average molecular weight is 536 g/mol. The first-order valence-corrected chi connectivity index (χ1v) is 14.4. The van der Waals surface area contributed by atoms with E-state index in [1.807, 2.05) is 24.4 Å². The highest BCUT2D eigenvalue weighted by Gasteiger charge is 2.25. The van der Waals surface area contributed by atoms with E-state index in [-0.39, 0.29) is 12.3 Å². The molecule has 0 spiro atoms. The molecule has 4 heterocycles. The van der Waals surface area contributed by atoms with Gasteiger partial charge >= 0.3 is 0 Å². The van der Waals surface area contributed by atoms with Crippen LogP contribution < -0.4 is 9.64 Å². The van der Waals surface area contributed by atoms with Crippen molar-refractivity contribution in [1.82, 2.24) is 14.8 Å². The number of rotatable bonds is 5. The first-order chi connectivity index (χ1) is 19.8. The number of ether oxygens (including phenoxy) is 3. The molecule has 4 aromatic rings. The van der Waals surface area contributed by atoms with Crippen LogP contribution in [0.15, 0.2) is 54.7 Å². The summed E-state index contributed by atoms with van der Waals surface area (Å²) in [6.45, 7) is 3.85. The smallest absolute Gasteiger partial charge is 0.150 e. The molecule has 0 bridgehead atoms. The van der Waals surface area contributed by atoms with E-state index < -0.39 is 0 Å². The first-order valence-electron chi connectivity index (χ1n) is 14.4. The summed E-state index contributed by atoms with van der Waals surface area (Å²) in [5.41, 5.74) is 6.08. The Balaban J connectivity index is 1.27. The molecule has 2 aromatic carbocycles. The number of benzene rings is 2. The summed E-state index contributed by atoms with van der Waals surface area (Å²) >= 11 is 0. The summed E-state index contributed by atoms with van der Waals surface area (Å²) < 4.78 is 20.4. The minimum absolute atomic E-state index is 0.0389. The Morgan fingerprint density at radius 2 is 1.88 bits per heavy atom. The number of anilines is 1. The standard InChI is InChI=1S/C32H33N5O3/c33-21-22-7-9-26-23(18-22)4-3-5-29(26)40-25-8-10-28-27(20-25)32(35-37(28)31-6-1-2-15-39-31)24-11-12-34-30(19-24)36-13-16-38-17-14-36/h7-12,18-20,29,31H,1-6,13-17H2. The van der Waals surface area contributed by atoms with Gasteiger partial charge in [-0.2, -0.15) is 10.4 Å². The lowest BCUT2D eigenvalue weighted by Crippen LogP contribution is -2.36. The van der Waals surface area contributed by atoms with Crippen LogP contribution in [0, 0.1) is 11.3 Å². The van der Waals surface area contributed by atoms with Gasteiger partial charge in [0.2, 0.25) is 0 Å². The number of pyridine rings is 1. The molecule has 0 saturated carbocycles. The van der Waals surface area contributed by atoms with Crippen molar-refractivity contribution in [1.29, 1.82) is 5.26 Å². The Hall–Kier alpha value is -3.93. The molecule has 1 aliphatic carbocycles. The second-order valence-corrected chi connectivity index (χ2v) is 10.8. The molecule has 2 atom stereocenters. The Labute approximate surface area is 234 Å². The molecule has 2 unspecified atom stereocenters. The molecule has 8 heteroatoms.